The maximum atomic E-state index is 12.6. The summed E-state index contributed by atoms with van der Waals surface area (Å²) in [6.45, 7) is 5.05. The highest BCUT2D eigenvalue weighted by Crippen LogP contribution is 2.23. The van der Waals surface area contributed by atoms with Crippen molar-refractivity contribution in [3.63, 3.8) is 0 Å². The first kappa shape index (κ1) is 18.2. The van der Waals surface area contributed by atoms with Gasteiger partial charge in [0.1, 0.15) is 0 Å². The Labute approximate surface area is 160 Å². The maximum Gasteiger partial charge on any atom is 0.281 e. The Bertz CT molecular complexity index is 1000. The molecule has 0 aliphatic heterocycles. The van der Waals surface area contributed by atoms with Gasteiger partial charge in [-0.15, -0.1) is 0 Å². The summed E-state index contributed by atoms with van der Waals surface area (Å²) in [6.07, 6.45) is 1.94. The standard InChI is InChI=1S/C19H18Cl2N2OS/c1-3-9-23-16-8-5-12(4-2)10-17(16)25-19(23)22-18(24)14-7-6-13(20)11-15(14)21/h5-8,10-11H,3-4,9H2,1-2H3. The Morgan fingerprint density at radius 1 is 1.16 bits per heavy atom. The number of benzene rings is 2. The van der Waals surface area contributed by atoms with E-state index in [9.17, 15) is 4.79 Å². The van der Waals surface area contributed by atoms with Crippen LogP contribution in [0, 0.1) is 0 Å². The van der Waals surface area contributed by atoms with Crippen LogP contribution in [0.2, 0.25) is 10.0 Å². The fourth-order valence-corrected chi connectivity index (χ4v) is 4.28. The summed E-state index contributed by atoms with van der Waals surface area (Å²) in [5, 5.41) is 0.814. The molecule has 0 N–H and O–H groups in total. The molecule has 0 radical (unpaired) electrons. The number of carbonyl (C=O) groups is 1. The van der Waals surface area contributed by atoms with E-state index in [1.54, 1.807) is 18.2 Å². The van der Waals surface area contributed by atoms with Crippen molar-refractivity contribution in [3.05, 3.63) is 62.4 Å². The van der Waals surface area contributed by atoms with E-state index in [0.29, 0.717) is 20.4 Å². The van der Waals surface area contributed by atoms with Crippen LogP contribution in [0.3, 0.4) is 0 Å². The van der Waals surface area contributed by atoms with Crippen LogP contribution in [0.25, 0.3) is 10.2 Å². The number of carbonyl (C=O) groups excluding carboxylic acids is 1. The molecule has 0 bridgehead atoms. The second-order valence-corrected chi connectivity index (χ2v) is 7.59. The van der Waals surface area contributed by atoms with Crippen LogP contribution in [0.15, 0.2) is 41.4 Å². The van der Waals surface area contributed by atoms with E-state index in [-0.39, 0.29) is 5.91 Å². The zero-order valence-electron chi connectivity index (χ0n) is 14.1. The molecule has 0 saturated carbocycles. The molecule has 0 aliphatic carbocycles. The molecule has 0 unspecified atom stereocenters. The van der Waals surface area contributed by atoms with E-state index in [1.807, 2.05) is 0 Å². The van der Waals surface area contributed by atoms with Gasteiger partial charge in [0, 0.05) is 11.6 Å². The summed E-state index contributed by atoms with van der Waals surface area (Å²) in [5.41, 5.74) is 2.75. The second-order valence-electron chi connectivity index (χ2n) is 5.73. The average molecular weight is 393 g/mol. The van der Waals surface area contributed by atoms with E-state index in [0.717, 1.165) is 29.6 Å². The first-order valence-corrected chi connectivity index (χ1v) is 9.77. The van der Waals surface area contributed by atoms with Crippen molar-refractivity contribution in [2.24, 2.45) is 4.99 Å². The summed E-state index contributed by atoms with van der Waals surface area (Å²) in [7, 11) is 0. The molecule has 3 nitrogen and oxygen atoms in total. The molecule has 0 atom stereocenters. The Morgan fingerprint density at radius 3 is 2.64 bits per heavy atom. The maximum absolute atomic E-state index is 12.6. The average Bonchev–Trinajstić information content (AvgIpc) is 2.91. The van der Waals surface area contributed by atoms with Crippen LogP contribution in [0.1, 0.15) is 36.2 Å². The van der Waals surface area contributed by atoms with Gasteiger partial charge in [0.05, 0.1) is 20.8 Å². The van der Waals surface area contributed by atoms with Crippen LogP contribution in [-0.2, 0) is 13.0 Å². The Morgan fingerprint density at radius 2 is 1.96 bits per heavy atom. The number of rotatable bonds is 4. The number of hydrogen-bond acceptors (Lipinski definition) is 2. The minimum absolute atomic E-state index is 0.317. The van der Waals surface area contributed by atoms with Crippen LogP contribution in [-0.4, -0.2) is 10.5 Å². The van der Waals surface area contributed by atoms with Crippen LogP contribution in [0.4, 0.5) is 0 Å². The SMILES string of the molecule is CCCn1c(=NC(=O)c2ccc(Cl)cc2Cl)sc2cc(CC)ccc21. The monoisotopic (exact) mass is 392 g/mol. The molecule has 1 heterocycles. The molecule has 2 aromatic carbocycles. The fraction of sp³-hybridized carbons (Fsp3) is 0.263. The molecule has 0 spiro atoms. The highest BCUT2D eigenvalue weighted by atomic mass is 35.5. The number of nitrogens with zero attached hydrogens (tertiary/aromatic N) is 2. The van der Waals surface area contributed by atoms with Gasteiger partial charge in [-0.25, -0.2) is 0 Å². The molecular weight excluding hydrogens is 375 g/mol. The van der Waals surface area contributed by atoms with Gasteiger partial charge in [-0.3, -0.25) is 4.79 Å². The van der Waals surface area contributed by atoms with Gasteiger partial charge in [0.2, 0.25) is 0 Å². The summed E-state index contributed by atoms with van der Waals surface area (Å²) in [6, 6.07) is 11.2. The first-order chi connectivity index (χ1) is 12.0. The highest BCUT2D eigenvalue weighted by Gasteiger charge is 2.12. The summed E-state index contributed by atoms with van der Waals surface area (Å²) >= 11 is 13.6. The predicted octanol–water partition coefficient (Wildman–Crippen LogP) is 5.72. The molecular formula is C19H18Cl2N2OS. The van der Waals surface area contributed by atoms with Gasteiger partial charge in [0.15, 0.2) is 4.80 Å². The van der Waals surface area contributed by atoms with Crippen molar-refractivity contribution >= 4 is 50.7 Å². The van der Waals surface area contributed by atoms with Gasteiger partial charge >= 0.3 is 0 Å². The molecule has 6 heteroatoms. The molecule has 130 valence electrons. The van der Waals surface area contributed by atoms with E-state index < -0.39 is 0 Å². The largest absolute Gasteiger partial charge is 0.316 e. The zero-order valence-corrected chi connectivity index (χ0v) is 16.4. The molecule has 0 aliphatic rings. The van der Waals surface area contributed by atoms with E-state index >= 15 is 0 Å². The normalized spacial score (nSPS) is 12.1. The molecule has 0 fully saturated rings. The van der Waals surface area contributed by atoms with Crippen molar-refractivity contribution < 1.29 is 4.79 Å². The lowest BCUT2D eigenvalue weighted by molar-refractivity contribution is 0.0998. The van der Waals surface area contributed by atoms with Gasteiger partial charge in [0.25, 0.3) is 5.91 Å². The Balaban J connectivity index is 2.14. The lowest BCUT2D eigenvalue weighted by Crippen LogP contribution is -2.17. The second kappa shape index (κ2) is 7.73. The lowest BCUT2D eigenvalue weighted by atomic mass is 10.2. The quantitative estimate of drug-likeness (QED) is 0.558. The summed E-state index contributed by atoms with van der Waals surface area (Å²) in [4.78, 5) is 17.6. The third kappa shape index (κ3) is 3.81. The highest BCUT2D eigenvalue weighted by molar-refractivity contribution is 7.16. The summed E-state index contributed by atoms with van der Waals surface area (Å²) < 4.78 is 3.24. The number of aromatic nitrogens is 1. The van der Waals surface area contributed by atoms with Gasteiger partial charge < -0.3 is 4.57 Å². The Hall–Kier alpha value is -1.62. The number of thiazole rings is 1. The number of aryl methyl sites for hydroxylation is 2. The smallest absolute Gasteiger partial charge is 0.281 e. The van der Waals surface area contributed by atoms with Crippen molar-refractivity contribution in [1.29, 1.82) is 0 Å². The number of fused-ring (bicyclic) bond motifs is 1. The minimum atomic E-state index is -0.353. The van der Waals surface area contributed by atoms with Crippen molar-refractivity contribution in [3.8, 4) is 0 Å². The topological polar surface area (TPSA) is 34.4 Å². The van der Waals surface area contributed by atoms with E-state index in [1.165, 1.54) is 16.9 Å². The molecule has 0 saturated heterocycles. The third-order valence-corrected chi connectivity index (χ3v) is 5.55. The molecule has 3 rings (SSSR count). The van der Waals surface area contributed by atoms with Gasteiger partial charge in [-0.1, -0.05) is 54.5 Å². The van der Waals surface area contributed by atoms with Gasteiger partial charge in [-0.05, 0) is 48.7 Å². The number of halogens is 2. The Kier molecular flexibility index (Phi) is 5.62. The van der Waals surface area contributed by atoms with Crippen molar-refractivity contribution in [2.75, 3.05) is 0 Å². The predicted molar refractivity (Wildman–Crippen MR) is 106 cm³/mol. The summed E-state index contributed by atoms with van der Waals surface area (Å²) in [5.74, 6) is -0.353. The first-order valence-electron chi connectivity index (χ1n) is 8.19. The van der Waals surface area contributed by atoms with Gasteiger partial charge in [-0.2, -0.15) is 4.99 Å². The number of hydrogen-bond donors (Lipinski definition) is 0. The zero-order chi connectivity index (χ0) is 18.0. The molecule has 1 aromatic heterocycles. The van der Waals surface area contributed by atoms with Crippen LogP contribution in [0.5, 0.6) is 0 Å². The minimum Gasteiger partial charge on any atom is -0.316 e. The van der Waals surface area contributed by atoms with E-state index in [4.69, 9.17) is 23.2 Å². The number of amides is 1. The molecule has 25 heavy (non-hydrogen) atoms. The van der Waals surface area contributed by atoms with Crippen LogP contribution < -0.4 is 4.80 Å². The lowest BCUT2D eigenvalue weighted by Gasteiger charge is -2.04. The van der Waals surface area contributed by atoms with Crippen molar-refractivity contribution in [2.45, 2.75) is 33.2 Å². The van der Waals surface area contributed by atoms with E-state index in [2.05, 4.69) is 41.6 Å². The fourth-order valence-electron chi connectivity index (χ4n) is 2.67. The molecule has 3 aromatic rings. The van der Waals surface area contributed by atoms with Crippen molar-refractivity contribution in [1.82, 2.24) is 4.57 Å². The van der Waals surface area contributed by atoms with Crippen LogP contribution >= 0.6 is 34.5 Å². The molecule has 1 amide bonds. The third-order valence-electron chi connectivity index (χ3n) is 3.96.